The average Bonchev–Trinajstić information content (AvgIpc) is 3.46. The SMILES string of the molecule is C[C@@H]1c2oncc2C[C@]2(C)c3nc(-c4ccccc4)n(-c4cnn(C)c4)c3CC[C@@H]12. The molecule has 0 unspecified atom stereocenters. The highest BCUT2D eigenvalue weighted by atomic mass is 16.5. The Morgan fingerprint density at radius 2 is 2.00 bits per heavy atom. The minimum Gasteiger partial charge on any atom is -0.361 e. The highest BCUT2D eigenvalue weighted by Gasteiger charge is 2.51. The number of nitrogens with zero attached hydrogens (tertiary/aromatic N) is 5. The molecule has 0 radical (unpaired) electrons. The third kappa shape index (κ3) is 2.33. The predicted octanol–water partition coefficient (Wildman–Crippen LogP) is 4.44. The van der Waals surface area contributed by atoms with Gasteiger partial charge in [-0.05, 0) is 25.2 Å². The van der Waals surface area contributed by atoms with E-state index in [0.717, 1.165) is 42.1 Å². The summed E-state index contributed by atoms with van der Waals surface area (Å²) in [4.78, 5) is 5.33. The Morgan fingerprint density at radius 1 is 1.17 bits per heavy atom. The fourth-order valence-corrected chi connectivity index (χ4v) is 5.88. The topological polar surface area (TPSA) is 61.7 Å². The van der Waals surface area contributed by atoms with Crippen LogP contribution in [0.15, 0.2) is 53.4 Å². The predicted molar refractivity (Wildman–Crippen MR) is 114 cm³/mol. The van der Waals surface area contributed by atoms with Crippen LogP contribution in [-0.4, -0.2) is 24.5 Å². The van der Waals surface area contributed by atoms with Gasteiger partial charge in [-0.15, -0.1) is 0 Å². The summed E-state index contributed by atoms with van der Waals surface area (Å²) >= 11 is 0. The molecule has 6 nitrogen and oxygen atoms in total. The molecule has 0 N–H and O–H groups in total. The van der Waals surface area contributed by atoms with E-state index in [9.17, 15) is 0 Å². The number of aryl methyl sites for hydroxylation is 1. The van der Waals surface area contributed by atoms with Gasteiger partial charge in [0.2, 0.25) is 0 Å². The Balaban J connectivity index is 1.60. The molecule has 2 aliphatic carbocycles. The molecule has 6 heteroatoms. The molecular formula is C24H25N5O. The zero-order valence-electron chi connectivity index (χ0n) is 17.5. The molecule has 30 heavy (non-hydrogen) atoms. The van der Waals surface area contributed by atoms with Gasteiger partial charge in [-0.2, -0.15) is 5.10 Å². The second kappa shape index (κ2) is 6.17. The third-order valence-corrected chi connectivity index (χ3v) is 7.26. The van der Waals surface area contributed by atoms with Crippen molar-refractivity contribution in [3.63, 3.8) is 0 Å². The average molecular weight is 399 g/mol. The number of benzene rings is 1. The lowest BCUT2D eigenvalue weighted by Crippen LogP contribution is -2.44. The first-order chi connectivity index (χ1) is 14.6. The smallest absolute Gasteiger partial charge is 0.145 e. The Morgan fingerprint density at radius 3 is 2.77 bits per heavy atom. The lowest BCUT2D eigenvalue weighted by molar-refractivity contribution is 0.171. The second-order valence-electron chi connectivity index (χ2n) is 9.05. The van der Waals surface area contributed by atoms with Crippen LogP contribution in [-0.2, 0) is 25.3 Å². The van der Waals surface area contributed by atoms with E-state index in [1.54, 1.807) is 0 Å². The van der Waals surface area contributed by atoms with Crippen molar-refractivity contribution in [2.45, 2.75) is 44.4 Å². The minimum absolute atomic E-state index is 0.0391. The molecule has 2 aliphatic rings. The maximum absolute atomic E-state index is 5.63. The van der Waals surface area contributed by atoms with Gasteiger partial charge < -0.3 is 4.52 Å². The molecule has 0 saturated heterocycles. The highest BCUT2D eigenvalue weighted by Crippen LogP contribution is 2.54. The number of hydrogen-bond donors (Lipinski definition) is 0. The van der Waals surface area contributed by atoms with Gasteiger partial charge in [0.25, 0.3) is 0 Å². The van der Waals surface area contributed by atoms with Gasteiger partial charge in [-0.1, -0.05) is 49.3 Å². The van der Waals surface area contributed by atoms with Crippen molar-refractivity contribution in [3.05, 3.63) is 71.6 Å². The molecule has 0 fully saturated rings. The van der Waals surface area contributed by atoms with Gasteiger partial charge in [0, 0.05) is 41.4 Å². The Kier molecular flexibility index (Phi) is 3.64. The Hall–Kier alpha value is -3.15. The summed E-state index contributed by atoms with van der Waals surface area (Å²) in [6.45, 7) is 4.67. The summed E-state index contributed by atoms with van der Waals surface area (Å²) in [5, 5.41) is 8.55. The molecule has 1 aromatic carbocycles. The fraction of sp³-hybridized carbons (Fsp3) is 0.375. The molecule has 152 valence electrons. The van der Waals surface area contributed by atoms with Gasteiger partial charge in [0.1, 0.15) is 11.6 Å². The van der Waals surface area contributed by atoms with Crippen molar-refractivity contribution in [2.24, 2.45) is 13.0 Å². The molecule has 0 bridgehead atoms. The first-order valence-corrected chi connectivity index (χ1v) is 10.7. The van der Waals surface area contributed by atoms with Crippen LogP contribution in [0, 0.1) is 5.92 Å². The van der Waals surface area contributed by atoms with Crippen molar-refractivity contribution < 1.29 is 4.52 Å². The first-order valence-electron chi connectivity index (χ1n) is 10.7. The minimum atomic E-state index is -0.0391. The van der Waals surface area contributed by atoms with Crippen molar-refractivity contribution in [1.29, 1.82) is 0 Å². The normalized spacial score (nSPS) is 24.9. The van der Waals surface area contributed by atoms with Crippen LogP contribution >= 0.6 is 0 Å². The van der Waals surface area contributed by atoms with Crippen LogP contribution < -0.4 is 0 Å². The van der Waals surface area contributed by atoms with E-state index in [1.807, 2.05) is 30.2 Å². The van der Waals surface area contributed by atoms with Crippen molar-refractivity contribution in [3.8, 4) is 17.1 Å². The van der Waals surface area contributed by atoms with E-state index in [4.69, 9.17) is 9.51 Å². The number of fused-ring (bicyclic) bond motifs is 4. The molecule has 4 aromatic rings. The maximum atomic E-state index is 5.63. The van der Waals surface area contributed by atoms with Gasteiger partial charge in [-0.3, -0.25) is 9.25 Å². The fourth-order valence-electron chi connectivity index (χ4n) is 5.88. The zero-order valence-corrected chi connectivity index (χ0v) is 17.5. The van der Waals surface area contributed by atoms with Crippen LogP contribution in [0.1, 0.15) is 48.9 Å². The van der Waals surface area contributed by atoms with Crippen molar-refractivity contribution in [1.82, 2.24) is 24.5 Å². The van der Waals surface area contributed by atoms with Crippen molar-refractivity contribution >= 4 is 0 Å². The summed E-state index contributed by atoms with van der Waals surface area (Å²) in [6, 6.07) is 10.5. The summed E-state index contributed by atoms with van der Waals surface area (Å²) in [5.74, 6) is 2.90. The molecule has 6 rings (SSSR count). The van der Waals surface area contributed by atoms with E-state index >= 15 is 0 Å². The van der Waals surface area contributed by atoms with Gasteiger partial charge >= 0.3 is 0 Å². The summed E-state index contributed by atoms with van der Waals surface area (Å²) < 4.78 is 9.82. The van der Waals surface area contributed by atoms with Crippen molar-refractivity contribution in [2.75, 3.05) is 0 Å². The number of imidazole rings is 1. The number of rotatable bonds is 2. The van der Waals surface area contributed by atoms with Crippen LogP contribution in [0.3, 0.4) is 0 Å². The van der Waals surface area contributed by atoms with Gasteiger partial charge in [-0.25, -0.2) is 4.98 Å². The largest absolute Gasteiger partial charge is 0.361 e. The van der Waals surface area contributed by atoms with Crippen LogP contribution in [0.5, 0.6) is 0 Å². The maximum Gasteiger partial charge on any atom is 0.145 e. The molecule has 0 saturated carbocycles. The second-order valence-corrected chi connectivity index (χ2v) is 9.05. The van der Waals surface area contributed by atoms with Crippen LogP contribution in [0.4, 0.5) is 0 Å². The molecule has 3 atom stereocenters. The first kappa shape index (κ1) is 17.7. The van der Waals surface area contributed by atoms with E-state index in [0.29, 0.717) is 11.8 Å². The number of hydrogen-bond acceptors (Lipinski definition) is 4. The summed E-state index contributed by atoms with van der Waals surface area (Å²) in [7, 11) is 1.96. The van der Waals surface area contributed by atoms with E-state index in [1.165, 1.54) is 17.0 Å². The van der Waals surface area contributed by atoms with E-state index in [2.05, 4.69) is 59.1 Å². The van der Waals surface area contributed by atoms with E-state index in [-0.39, 0.29) is 5.41 Å². The van der Waals surface area contributed by atoms with Crippen LogP contribution in [0.25, 0.3) is 17.1 Å². The lowest BCUT2D eigenvalue weighted by atomic mass is 9.57. The Labute approximate surface area is 175 Å². The molecule has 3 heterocycles. The third-order valence-electron chi connectivity index (χ3n) is 7.26. The molecule has 3 aromatic heterocycles. The van der Waals surface area contributed by atoms with Gasteiger partial charge in [0.15, 0.2) is 0 Å². The highest BCUT2D eigenvalue weighted by molar-refractivity contribution is 5.61. The lowest BCUT2D eigenvalue weighted by Gasteiger charge is -2.46. The van der Waals surface area contributed by atoms with Crippen LogP contribution in [0.2, 0.25) is 0 Å². The monoisotopic (exact) mass is 399 g/mol. The molecule has 0 amide bonds. The zero-order chi connectivity index (χ0) is 20.5. The summed E-state index contributed by atoms with van der Waals surface area (Å²) in [6.07, 6.45) is 8.95. The summed E-state index contributed by atoms with van der Waals surface area (Å²) in [5.41, 5.74) is 5.92. The standard InChI is InChI=1S/C24H25N5O/c1-15-19-9-10-20-22(24(19,2)11-17-12-26-30-21(15)17)27-23(16-7-5-4-6-8-16)29(20)18-13-25-28(3)14-18/h4-8,12-15,19H,9-11H2,1-3H3/t15-,19-,24-/m0/s1. The quantitative estimate of drug-likeness (QED) is 0.500. The molecule has 0 spiro atoms. The van der Waals surface area contributed by atoms with Gasteiger partial charge in [0.05, 0.1) is 23.8 Å². The molecular weight excluding hydrogens is 374 g/mol. The molecule has 0 aliphatic heterocycles. The number of aromatic nitrogens is 5. The Bertz CT molecular complexity index is 1230. The van der Waals surface area contributed by atoms with E-state index < -0.39 is 0 Å².